The number of thiocarbonyl (C=S) groups is 1. The normalized spacial score (nSPS) is 10.1. The lowest BCUT2D eigenvalue weighted by Gasteiger charge is -2.11. The second-order valence-corrected chi connectivity index (χ2v) is 5.80. The second-order valence-electron chi connectivity index (χ2n) is 4.57. The van der Waals surface area contributed by atoms with Crippen molar-refractivity contribution in [3.63, 3.8) is 0 Å². The molecular weight excluding hydrogens is 375 g/mol. The minimum atomic E-state index is -1.26. The first-order valence-electron chi connectivity index (χ1n) is 6.41. The van der Waals surface area contributed by atoms with Gasteiger partial charge in [-0.15, -0.1) is 0 Å². The number of anilines is 1. The van der Waals surface area contributed by atoms with Crippen LogP contribution in [0.2, 0.25) is 10.0 Å². The fraction of sp³-hybridized carbons (Fsp3) is 0. The van der Waals surface area contributed by atoms with Crippen LogP contribution in [0, 0.1) is 0 Å². The van der Waals surface area contributed by atoms with Crippen LogP contribution in [0.25, 0.3) is 0 Å². The molecule has 0 heterocycles. The number of aromatic carboxylic acids is 1. The standard InChI is InChI=1S/C15H10Cl2N2O4S/c16-10-4-1-7(5-11(10)17)13(21)19-15(24)18-8-2-3-9(14(22)23)12(20)6-8/h1-6,20H,(H,22,23)(H2,18,19,21,24). The molecule has 0 radical (unpaired) electrons. The molecule has 9 heteroatoms. The quantitative estimate of drug-likeness (QED) is 0.604. The fourth-order valence-corrected chi connectivity index (χ4v) is 2.27. The number of amides is 1. The van der Waals surface area contributed by atoms with Gasteiger partial charge in [0.15, 0.2) is 5.11 Å². The van der Waals surface area contributed by atoms with Crippen LogP contribution >= 0.6 is 35.4 Å². The topological polar surface area (TPSA) is 98.7 Å². The van der Waals surface area contributed by atoms with E-state index in [9.17, 15) is 14.7 Å². The molecule has 0 aliphatic carbocycles. The maximum atomic E-state index is 12.1. The first-order chi connectivity index (χ1) is 11.3. The first kappa shape index (κ1) is 18.0. The molecule has 0 aliphatic heterocycles. The van der Waals surface area contributed by atoms with Crippen LogP contribution in [-0.4, -0.2) is 27.2 Å². The Kier molecular flexibility index (Phi) is 5.61. The molecule has 4 N–H and O–H groups in total. The molecule has 24 heavy (non-hydrogen) atoms. The summed E-state index contributed by atoms with van der Waals surface area (Å²) in [6, 6.07) is 8.16. The zero-order chi connectivity index (χ0) is 17.9. The molecule has 0 fully saturated rings. The maximum absolute atomic E-state index is 12.1. The summed E-state index contributed by atoms with van der Waals surface area (Å²) < 4.78 is 0. The average Bonchev–Trinajstić information content (AvgIpc) is 2.49. The van der Waals surface area contributed by atoms with E-state index in [2.05, 4.69) is 10.6 Å². The van der Waals surface area contributed by atoms with Gasteiger partial charge >= 0.3 is 5.97 Å². The van der Waals surface area contributed by atoms with E-state index in [0.29, 0.717) is 10.7 Å². The molecule has 2 rings (SSSR count). The Balaban J connectivity index is 2.05. The predicted molar refractivity (Wildman–Crippen MR) is 95.2 cm³/mol. The van der Waals surface area contributed by atoms with Crippen molar-refractivity contribution in [3.8, 4) is 5.75 Å². The van der Waals surface area contributed by atoms with Crippen LogP contribution in [0.3, 0.4) is 0 Å². The predicted octanol–water partition coefficient (Wildman–Crippen LogP) is 3.52. The molecule has 0 bridgehead atoms. The number of aromatic hydroxyl groups is 1. The van der Waals surface area contributed by atoms with Crippen molar-refractivity contribution in [1.29, 1.82) is 0 Å². The minimum Gasteiger partial charge on any atom is -0.507 e. The van der Waals surface area contributed by atoms with Crippen LogP contribution in [0.5, 0.6) is 5.75 Å². The molecule has 0 saturated heterocycles. The average molecular weight is 385 g/mol. The second kappa shape index (κ2) is 7.48. The number of phenols is 1. The molecule has 0 unspecified atom stereocenters. The van der Waals surface area contributed by atoms with E-state index >= 15 is 0 Å². The number of benzene rings is 2. The largest absolute Gasteiger partial charge is 0.507 e. The van der Waals surface area contributed by atoms with Gasteiger partial charge in [0.2, 0.25) is 0 Å². The van der Waals surface area contributed by atoms with Gasteiger partial charge in [0.25, 0.3) is 5.91 Å². The summed E-state index contributed by atoms with van der Waals surface area (Å²) in [5.74, 6) is -2.18. The van der Waals surface area contributed by atoms with Crippen molar-refractivity contribution in [2.75, 3.05) is 5.32 Å². The third-order valence-electron chi connectivity index (χ3n) is 2.89. The van der Waals surface area contributed by atoms with E-state index in [1.54, 1.807) is 0 Å². The third-order valence-corrected chi connectivity index (χ3v) is 3.84. The molecule has 2 aromatic carbocycles. The molecular formula is C15H10Cl2N2O4S. The smallest absolute Gasteiger partial charge is 0.339 e. The van der Waals surface area contributed by atoms with E-state index in [1.807, 2.05) is 0 Å². The first-order valence-corrected chi connectivity index (χ1v) is 7.58. The highest BCUT2D eigenvalue weighted by Crippen LogP contribution is 2.23. The van der Waals surface area contributed by atoms with Crippen molar-refractivity contribution in [2.24, 2.45) is 0 Å². The van der Waals surface area contributed by atoms with Crippen molar-refractivity contribution in [2.45, 2.75) is 0 Å². The third kappa shape index (κ3) is 4.35. The molecule has 0 aliphatic rings. The van der Waals surface area contributed by atoms with Gasteiger partial charge in [-0.3, -0.25) is 10.1 Å². The van der Waals surface area contributed by atoms with Gasteiger partial charge in [-0.1, -0.05) is 23.2 Å². The van der Waals surface area contributed by atoms with Gasteiger partial charge < -0.3 is 15.5 Å². The van der Waals surface area contributed by atoms with E-state index in [-0.39, 0.29) is 21.3 Å². The fourth-order valence-electron chi connectivity index (χ4n) is 1.77. The Morgan fingerprint density at radius 1 is 1.04 bits per heavy atom. The zero-order valence-corrected chi connectivity index (χ0v) is 14.2. The van der Waals surface area contributed by atoms with Crippen LogP contribution in [0.1, 0.15) is 20.7 Å². The Labute approximate surface area is 152 Å². The Hall–Kier alpha value is -2.35. The van der Waals surface area contributed by atoms with Crippen LogP contribution < -0.4 is 10.6 Å². The lowest BCUT2D eigenvalue weighted by atomic mass is 10.2. The number of carbonyl (C=O) groups is 2. The van der Waals surface area contributed by atoms with Gasteiger partial charge in [-0.05, 0) is 42.5 Å². The summed E-state index contributed by atoms with van der Waals surface area (Å²) in [6.07, 6.45) is 0. The van der Waals surface area contributed by atoms with Gasteiger partial charge in [0, 0.05) is 17.3 Å². The number of nitrogens with one attached hydrogen (secondary N) is 2. The monoisotopic (exact) mass is 384 g/mol. The molecule has 6 nitrogen and oxygen atoms in total. The van der Waals surface area contributed by atoms with Gasteiger partial charge in [-0.2, -0.15) is 0 Å². The molecule has 0 spiro atoms. The summed E-state index contributed by atoms with van der Waals surface area (Å²) in [7, 11) is 0. The lowest BCUT2D eigenvalue weighted by Crippen LogP contribution is -2.34. The van der Waals surface area contributed by atoms with Crippen molar-refractivity contribution in [1.82, 2.24) is 5.32 Å². The van der Waals surface area contributed by atoms with Gasteiger partial charge in [0.05, 0.1) is 10.0 Å². The minimum absolute atomic E-state index is 0.0338. The number of carboxylic acid groups (broad SMARTS) is 1. The number of hydrogen-bond donors (Lipinski definition) is 4. The summed E-state index contributed by atoms with van der Waals surface area (Å²) in [5, 5.41) is 24.1. The number of hydrogen-bond acceptors (Lipinski definition) is 4. The van der Waals surface area contributed by atoms with Crippen molar-refractivity contribution >= 4 is 58.1 Å². The van der Waals surface area contributed by atoms with Crippen molar-refractivity contribution in [3.05, 3.63) is 57.6 Å². The lowest BCUT2D eigenvalue weighted by molar-refractivity contribution is 0.0693. The van der Waals surface area contributed by atoms with E-state index in [4.69, 9.17) is 40.5 Å². The number of carboxylic acids is 1. The molecule has 0 aromatic heterocycles. The SMILES string of the molecule is O=C(NC(=S)Nc1ccc(C(=O)O)c(O)c1)c1ccc(Cl)c(Cl)c1. The summed E-state index contributed by atoms with van der Waals surface area (Å²) in [6.45, 7) is 0. The zero-order valence-electron chi connectivity index (χ0n) is 11.8. The summed E-state index contributed by atoms with van der Waals surface area (Å²) in [4.78, 5) is 22.9. The van der Waals surface area contributed by atoms with Crippen LogP contribution in [0.4, 0.5) is 5.69 Å². The Morgan fingerprint density at radius 3 is 2.33 bits per heavy atom. The number of rotatable bonds is 3. The summed E-state index contributed by atoms with van der Waals surface area (Å²) in [5.41, 5.74) is 0.334. The Bertz CT molecular complexity index is 842. The van der Waals surface area contributed by atoms with E-state index < -0.39 is 17.6 Å². The van der Waals surface area contributed by atoms with E-state index in [0.717, 1.165) is 0 Å². The van der Waals surface area contributed by atoms with Crippen LogP contribution in [-0.2, 0) is 0 Å². The Morgan fingerprint density at radius 2 is 1.75 bits per heavy atom. The molecule has 0 saturated carbocycles. The van der Waals surface area contributed by atoms with Crippen molar-refractivity contribution < 1.29 is 19.8 Å². The number of carbonyl (C=O) groups excluding carboxylic acids is 1. The molecule has 0 atom stereocenters. The highest BCUT2D eigenvalue weighted by Gasteiger charge is 2.12. The molecule has 2 aromatic rings. The molecule has 124 valence electrons. The van der Waals surface area contributed by atoms with E-state index in [1.165, 1.54) is 36.4 Å². The highest BCUT2D eigenvalue weighted by atomic mass is 35.5. The van der Waals surface area contributed by atoms with Gasteiger partial charge in [-0.25, -0.2) is 4.79 Å². The summed E-state index contributed by atoms with van der Waals surface area (Å²) >= 11 is 16.6. The highest BCUT2D eigenvalue weighted by molar-refractivity contribution is 7.80. The van der Waals surface area contributed by atoms with Crippen LogP contribution in [0.15, 0.2) is 36.4 Å². The molecule has 1 amide bonds. The number of halogens is 2. The maximum Gasteiger partial charge on any atom is 0.339 e. The van der Waals surface area contributed by atoms with Gasteiger partial charge in [0.1, 0.15) is 11.3 Å².